The van der Waals surface area contributed by atoms with E-state index in [0.717, 1.165) is 51.9 Å². The van der Waals surface area contributed by atoms with Crippen LogP contribution in [0.25, 0.3) is 0 Å². The summed E-state index contributed by atoms with van der Waals surface area (Å²) >= 11 is 0. The first-order valence-electron chi connectivity index (χ1n) is 13.4. The predicted molar refractivity (Wildman–Crippen MR) is 134 cm³/mol. The monoisotopic (exact) mass is 479 g/mol. The Labute approximate surface area is 205 Å². The van der Waals surface area contributed by atoms with Gasteiger partial charge in [-0.05, 0) is 44.8 Å². The standard InChI is InChI=1S/C26H46N4O4/c1-3-27-18-26(34,17-25(32)33)11-8-6-4-5-7-9-21-10-13-30-20(2)24(31)16-22(23(30)15-21)29-14-12-28-19-29/h10,12-13,20-24,27,31,34H,3-9,11,14-19H2,1-2H3,(H,32,33)/p+1/t20-,21+,22-,23+,24+,26+/m0/s1. The van der Waals surface area contributed by atoms with Gasteiger partial charge in [-0.2, -0.15) is 0 Å². The van der Waals surface area contributed by atoms with Crippen LogP contribution >= 0.6 is 0 Å². The molecule has 3 heterocycles. The molecule has 0 aromatic rings. The molecule has 0 amide bonds. The number of aliphatic hydroxyl groups is 2. The average Bonchev–Trinajstić information content (AvgIpc) is 3.34. The number of aliphatic imine (C=N–C) groups is 1. The highest BCUT2D eigenvalue weighted by molar-refractivity contribution is 5.68. The second-order valence-electron chi connectivity index (χ2n) is 10.8. The molecule has 3 aliphatic rings. The van der Waals surface area contributed by atoms with Crippen LogP contribution < -0.4 is 10.2 Å². The van der Waals surface area contributed by atoms with Crippen LogP contribution in [-0.4, -0.2) is 88.5 Å². The number of likely N-dealkylation sites (N-methyl/N-ethyl adjacent to an activating group) is 1. The van der Waals surface area contributed by atoms with Crippen molar-refractivity contribution >= 4 is 12.2 Å². The zero-order valence-corrected chi connectivity index (χ0v) is 21.2. The lowest BCUT2D eigenvalue weighted by atomic mass is 9.80. The van der Waals surface area contributed by atoms with Crippen LogP contribution in [0.15, 0.2) is 17.3 Å². The van der Waals surface area contributed by atoms with Crippen molar-refractivity contribution in [2.24, 2.45) is 10.9 Å². The van der Waals surface area contributed by atoms with Gasteiger partial charge in [-0.1, -0.05) is 45.1 Å². The number of nitrogens with zero attached hydrogens (tertiary/aromatic N) is 2. The maximum Gasteiger partial charge on any atom is 0.306 e. The Morgan fingerprint density at radius 1 is 1.24 bits per heavy atom. The number of aliphatic hydroxyl groups excluding tert-OH is 1. The van der Waals surface area contributed by atoms with Crippen molar-refractivity contribution in [1.29, 1.82) is 0 Å². The van der Waals surface area contributed by atoms with Gasteiger partial charge in [-0.15, -0.1) is 0 Å². The Morgan fingerprint density at radius 2 is 2.00 bits per heavy atom. The fourth-order valence-corrected chi connectivity index (χ4v) is 6.08. The van der Waals surface area contributed by atoms with Crippen molar-refractivity contribution in [3.05, 3.63) is 12.3 Å². The van der Waals surface area contributed by atoms with Crippen LogP contribution in [0.3, 0.4) is 0 Å². The van der Waals surface area contributed by atoms with E-state index in [-0.39, 0.29) is 18.6 Å². The number of carboxylic acids is 1. The first-order chi connectivity index (χ1) is 16.3. The molecule has 3 rings (SSSR count). The topological polar surface area (TPSA) is 110 Å². The van der Waals surface area contributed by atoms with Gasteiger partial charge >= 0.3 is 5.97 Å². The highest BCUT2D eigenvalue weighted by atomic mass is 16.4. The molecule has 1 fully saturated rings. The average molecular weight is 480 g/mol. The van der Waals surface area contributed by atoms with Crippen molar-refractivity contribution in [2.75, 3.05) is 26.3 Å². The Kier molecular flexibility index (Phi) is 10.4. The van der Waals surface area contributed by atoms with Crippen molar-refractivity contribution in [1.82, 2.24) is 10.2 Å². The molecule has 0 spiro atoms. The minimum atomic E-state index is -1.15. The summed E-state index contributed by atoms with van der Waals surface area (Å²) in [5, 5.41) is 33.4. The zero-order valence-electron chi connectivity index (χ0n) is 21.2. The van der Waals surface area contributed by atoms with Crippen molar-refractivity contribution in [2.45, 2.75) is 108 Å². The van der Waals surface area contributed by atoms with E-state index in [9.17, 15) is 15.0 Å². The van der Waals surface area contributed by atoms with Gasteiger partial charge in [0, 0.05) is 13.0 Å². The Balaban J connectivity index is 1.38. The molecule has 194 valence electrons. The molecule has 5 N–H and O–H groups in total. The molecule has 0 aliphatic carbocycles. The van der Waals surface area contributed by atoms with Crippen molar-refractivity contribution in [3.8, 4) is 0 Å². The number of carboxylic acid groups (broad SMARTS) is 1. The Morgan fingerprint density at radius 3 is 2.71 bits per heavy atom. The van der Waals surface area contributed by atoms with Gasteiger partial charge in [-0.25, -0.2) is 4.99 Å². The van der Waals surface area contributed by atoms with Gasteiger partial charge in [0.25, 0.3) is 0 Å². The first kappa shape index (κ1) is 27.1. The van der Waals surface area contributed by atoms with Crippen LogP contribution in [0.5, 0.6) is 0 Å². The number of hydrogen-bond donors (Lipinski definition) is 5. The van der Waals surface area contributed by atoms with Crippen molar-refractivity contribution < 1.29 is 25.0 Å². The van der Waals surface area contributed by atoms with Gasteiger partial charge in [0.2, 0.25) is 0 Å². The van der Waals surface area contributed by atoms with Crippen LogP contribution in [0.4, 0.5) is 0 Å². The van der Waals surface area contributed by atoms with E-state index in [1.165, 1.54) is 24.2 Å². The molecular formula is C26H47N4O4+. The number of piperidine rings is 1. The molecule has 0 radical (unpaired) electrons. The lowest BCUT2D eigenvalue weighted by Gasteiger charge is -2.50. The molecule has 1 saturated heterocycles. The van der Waals surface area contributed by atoms with Gasteiger partial charge in [-0.3, -0.25) is 4.79 Å². The summed E-state index contributed by atoms with van der Waals surface area (Å²) in [4.78, 5) is 19.4. The number of fused-ring (bicyclic) bond motifs is 1. The molecule has 3 aliphatic heterocycles. The zero-order chi connectivity index (χ0) is 24.6. The van der Waals surface area contributed by atoms with Gasteiger partial charge in [0.15, 0.2) is 6.67 Å². The number of allylic oxidation sites excluding steroid dienone is 1. The van der Waals surface area contributed by atoms with E-state index < -0.39 is 11.6 Å². The van der Waals surface area contributed by atoms with Crippen molar-refractivity contribution in [3.63, 3.8) is 0 Å². The third-order valence-electron chi connectivity index (χ3n) is 8.15. The molecular weight excluding hydrogens is 432 g/mol. The highest BCUT2D eigenvalue weighted by Gasteiger charge is 2.46. The quantitative estimate of drug-likeness (QED) is 0.240. The summed E-state index contributed by atoms with van der Waals surface area (Å²) in [5.74, 6) is -0.350. The van der Waals surface area contributed by atoms with Gasteiger partial charge in [0.05, 0.1) is 36.4 Å². The number of quaternary nitrogens is 1. The second-order valence-corrected chi connectivity index (χ2v) is 10.8. The normalized spacial score (nSPS) is 32.5. The molecule has 0 aromatic heterocycles. The summed E-state index contributed by atoms with van der Waals surface area (Å²) < 4.78 is 0. The Hall–Kier alpha value is -1.48. The first-order valence-corrected chi connectivity index (χ1v) is 13.4. The maximum atomic E-state index is 11.1. The lowest BCUT2D eigenvalue weighted by molar-refractivity contribution is -0.915. The summed E-state index contributed by atoms with van der Waals surface area (Å²) in [6.07, 6.45) is 15.3. The number of nitrogens with one attached hydrogen (secondary N) is 2. The van der Waals surface area contributed by atoms with Crippen LogP contribution in [-0.2, 0) is 4.79 Å². The molecule has 8 nitrogen and oxygen atoms in total. The minimum absolute atomic E-state index is 0.175. The molecule has 0 bridgehead atoms. The third-order valence-corrected chi connectivity index (χ3v) is 8.15. The van der Waals surface area contributed by atoms with E-state index >= 15 is 0 Å². The van der Waals surface area contributed by atoms with E-state index in [1.807, 2.05) is 13.1 Å². The minimum Gasteiger partial charge on any atom is -0.481 e. The summed E-state index contributed by atoms with van der Waals surface area (Å²) in [7, 11) is 0. The maximum absolute atomic E-state index is 11.1. The van der Waals surface area contributed by atoms with Gasteiger partial charge < -0.3 is 30.4 Å². The molecule has 34 heavy (non-hydrogen) atoms. The van der Waals surface area contributed by atoms with Crippen LogP contribution in [0, 0.1) is 5.92 Å². The summed E-state index contributed by atoms with van der Waals surface area (Å²) in [6, 6.07) is 1.09. The van der Waals surface area contributed by atoms with Crippen LogP contribution in [0.2, 0.25) is 0 Å². The smallest absolute Gasteiger partial charge is 0.306 e. The fraction of sp³-hybridized carbons (Fsp3) is 0.846. The van der Waals surface area contributed by atoms with Gasteiger partial charge in [0.1, 0.15) is 12.6 Å². The number of carbonyl (C=O) groups is 1. The molecule has 7 atom stereocenters. The lowest BCUT2D eigenvalue weighted by Crippen LogP contribution is -3.16. The molecule has 0 saturated carbocycles. The van der Waals surface area contributed by atoms with E-state index in [1.54, 1.807) is 0 Å². The largest absolute Gasteiger partial charge is 0.481 e. The summed E-state index contributed by atoms with van der Waals surface area (Å²) in [6.45, 7) is 6.97. The number of unbranched alkanes of at least 4 members (excludes halogenated alkanes) is 4. The molecule has 0 aromatic carbocycles. The fourth-order valence-electron chi connectivity index (χ4n) is 6.08. The van der Waals surface area contributed by atoms with E-state index in [2.05, 4.69) is 34.4 Å². The van der Waals surface area contributed by atoms with E-state index in [0.29, 0.717) is 31.0 Å². The van der Waals surface area contributed by atoms with E-state index in [4.69, 9.17) is 5.11 Å². The highest BCUT2D eigenvalue weighted by Crippen LogP contribution is 2.33. The molecule has 8 heteroatoms. The SMILES string of the molecule is CCNC[C@@](O)(CCCCCCC[C@@H]1C=CN2[C@H](C1)[C@@H]([NH+]1CC=NC1)C[C@@H](O)[C@@H]2C)CC(=O)O. The number of rotatable bonds is 14. The predicted octanol–water partition coefficient (Wildman–Crippen LogP) is 1.19. The second kappa shape index (κ2) is 13.0. The third kappa shape index (κ3) is 7.51. The Bertz CT molecular complexity index is 694. The summed E-state index contributed by atoms with van der Waals surface area (Å²) in [5.41, 5.74) is -1.15. The molecule has 1 unspecified atom stereocenters. The van der Waals surface area contributed by atoms with Crippen LogP contribution in [0.1, 0.15) is 78.1 Å². The number of aliphatic carboxylic acids is 1. The number of hydrogen-bond acceptors (Lipinski definition) is 6.